The highest BCUT2D eigenvalue weighted by Crippen LogP contribution is 2.53. The van der Waals surface area contributed by atoms with E-state index in [0.29, 0.717) is 35.1 Å². The van der Waals surface area contributed by atoms with Crippen LogP contribution in [0.5, 0.6) is 0 Å². The topological polar surface area (TPSA) is 140 Å². The van der Waals surface area contributed by atoms with Crippen LogP contribution in [0, 0.1) is 10.8 Å². The van der Waals surface area contributed by atoms with Crippen molar-refractivity contribution >= 4 is 17.7 Å². The number of aliphatic hydroxyl groups is 3. The minimum atomic E-state index is -1.76. The minimum Gasteiger partial charge on any atom is -0.462 e. The number of Topliss-reactive ketones (excluding diaryl/α,β-unsaturated/α-hetero) is 1. The second-order valence-electron chi connectivity index (χ2n) is 17.5. The first kappa shape index (κ1) is 47.3. The van der Waals surface area contributed by atoms with Gasteiger partial charge in [0.1, 0.15) is 18.8 Å². The van der Waals surface area contributed by atoms with Crippen LogP contribution in [0.3, 0.4) is 0 Å². The molecule has 0 spiro atoms. The fourth-order valence-corrected chi connectivity index (χ4v) is 8.01. The molecule has 9 heteroatoms. The lowest BCUT2D eigenvalue weighted by atomic mass is 9.65. The maximum Gasteiger partial charge on any atom is 0.306 e. The molecule has 0 saturated heterocycles. The molecule has 0 aromatic carbocycles. The largest absolute Gasteiger partial charge is 0.462 e. The summed E-state index contributed by atoms with van der Waals surface area (Å²) in [6, 6.07) is 0. The molecule has 0 aromatic heterocycles. The average molecular weight is 787 g/mol. The SMILES string of the molecule is CCCCCC(=O)OC\C(C=C=C1C(C)(C)C[C@H](OC(C)=O)C[C@@]1(C)O)=C/C=C/C(C)=C/C=C/C=C(C)/C=C/C=C(\C)C1(O)C=C2C(C)(C)C[C@H](O)C(=O)[C@@]2(C)O1. The highest BCUT2D eigenvalue weighted by Gasteiger charge is 2.60. The summed E-state index contributed by atoms with van der Waals surface area (Å²) in [6.07, 6.45) is 25.0. The first-order valence-electron chi connectivity index (χ1n) is 20.1. The Bertz CT molecular complexity index is 1810. The zero-order valence-corrected chi connectivity index (χ0v) is 36.0. The van der Waals surface area contributed by atoms with Crippen molar-refractivity contribution in [1.29, 1.82) is 0 Å². The van der Waals surface area contributed by atoms with Crippen LogP contribution >= 0.6 is 0 Å². The minimum absolute atomic E-state index is 0.0641. The van der Waals surface area contributed by atoms with Crippen LogP contribution in [-0.4, -0.2) is 68.8 Å². The number of hydrogen-bond acceptors (Lipinski definition) is 9. The Hall–Kier alpha value is -4.11. The summed E-state index contributed by atoms with van der Waals surface area (Å²) in [6.45, 7) is 20.4. The van der Waals surface area contributed by atoms with E-state index < -0.39 is 45.8 Å². The number of carbonyl (C=O) groups is 3. The van der Waals surface area contributed by atoms with Crippen LogP contribution in [0.2, 0.25) is 0 Å². The number of fused-ring (bicyclic) bond motifs is 1. The van der Waals surface area contributed by atoms with E-state index >= 15 is 0 Å². The third-order valence-corrected chi connectivity index (χ3v) is 10.9. The van der Waals surface area contributed by atoms with Gasteiger partial charge in [0.05, 0.1) is 5.60 Å². The van der Waals surface area contributed by atoms with Gasteiger partial charge in [-0.2, -0.15) is 0 Å². The van der Waals surface area contributed by atoms with Gasteiger partial charge in [-0.05, 0) is 93.6 Å². The first-order valence-corrected chi connectivity index (χ1v) is 20.1. The maximum atomic E-state index is 12.9. The van der Waals surface area contributed by atoms with Crippen molar-refractivity contribution < 1.29 is 43.9 Å². The Morgan fingerprint density at radius 3 is 2.05 bits per heavy atom. The Labute approximate surface area is 340 Å². The third-order valence-electron chi connectivity index (χ3n) is 10.9. The van der Waals surface area contributed by atoms with Crippen molar-refractivity contribution in [2.75, 3.05) is 6.61 Å². The van der Waals surface area contributed by atoms with Crippen LogP contribution in [0.15, 0.2) is 112 Å². The summed E-state index contributed by atoms with van der Waals surface area (Å²) in [7, 11) is 0. The molecule has 2 saturated carbocycles. The molecule has 3 aliphatic rings. The molecule has 1 heterocycles. The molecule has 312 valence electrons. The summed E-state index contributed by atoms with van der Waals surface area (Å²) < 4.78 is 17.0. The lowest BCUT2D eigenvalue weighted by Gasteiger charge is -2.44. The predicted molar refractivity (Wildman–Crippen MR) is 225 cm³/mol. The van der Waals surface area contributed by atoms with Gasteiger partial charge < -0.3 is 29.5 Å². The summed E-state index contributed by atoms with van der Waals surface area (Å²) in [4.78, 5) is 36.9. The zero-order chi connectivity index (χ0) is 42.8. The molecule has 1 aliphatic heterocycles. The Morgan fingerprint density at radius 1 is 0.860 bits per heavy atom. The molecule has 0 amide bonds. The monoisotopic (exact) mass is 786 g/mol. The number of unbranched alkanes of at least 4 members (excludes halogenated alkanes) is 2. The third kappa shape index (κ3) is 12.9. The van der Waals surface area contributed by atoms with E-state index in [1.807, 2.05) is 96.2 Å². The van der Waals surface area contributed by atoms with E-state index in [-0.39, 0.29) is 31.4 Å². The van der Waals surface area contributed by atoms with Crippen molar-refractivity contribution in [1.82, 2.24) is 0 Å². The Kier molecular flexibility index (Phi) is 16.2. The number of carbonyl (C=O) groups excluding carboxylic acids is 3. The van der Waals surface area contributed by atoms with Crippen LogP contribution in [0.4, 0.5) is 0 Å². The normalized spacial score (nSPS) is 29.5. The van der Waals surface area contributed by atoms with Crippen LogP contribution in [-0.2, 0) is 28.6 Å². The highest BCUT2D eigenvalue weighted by molar-refractivity contribution is 5.96. The van der Waals surface area contributed by atoms with E-state index in [1.165, 1.54) is 6.92 Å². The number of esters is 2. The smallest absolute Gasteiger partial charge is 0.306 e. The van der Waals surface area contributed by atoms with Crippen molar-refractivity contribution in [3.8, 4) is 0 Å². The van der Waals surface area contributed by atoms with Gasteiger partial charge in [0.25, 0.3) is 0 Å². The lowest BCUT2D eigenvalue weighted by Crippen LogP contribution is -2.54. The molecule has 1 unspecified atom stereocenters. The molecule has 5 atom stereocenters. The lowest BCUT2D eigenvalue weighted by molar-refractivity contribution is -0.197. The number of rotatable bonds is 15. The number of ether oxygens (including phenoxy) is 3. The molecular weight excluding hydrogens is 721 g/mol. The van der Waals surface area contributed by atoms with E-state index in [2.05, 4.69) is 12.7 Å². The maximum absolute atomic E-state index is 12.9. The van der Waals surface area contributed by atoms with Gasteiger partial charge in [0.2, 0.25) is 5.79 Å². The Morgan fingerprint density at radius 2 is 1.47 bits per heavy atom. The van der Waals surface area contributed by atoms with Gasteiger partial charge in [0.15, 0.2) is 11.4 Å². The molecule has 57 heavy (non-hydrogen) atoms. The average Bonchev–Trinajstić information content (AvgIpc) is 3.40. The molecule has 9 nitrogen and oxygen atoms in total. The number of aliphatic hydroxyl groups excluding tert-OH is 1. The number of hydrogen-bond donors (Lipinski definition) is 3. The quantitative estimate of drug-likeness (QED) is 0.0488. The van der Waals surface area contributed by atoms with Crippen LogP contribution in [0.25, 0.3) is 0 Å². The fraction of sp³-hybridized carbons (Fsp3) is 0.542. The second-order valence-corrected chi connectivity index (χ2v) is 17.5. The zero-order valence-electron chi connectivity index (χ0n) is 36.0. The van der Waals surface area contributed by atoms with Gasteiger partial charge in [-0.1, -0.05) is 119 Å². The molecule has 2 aliphatic carbocycles. The highest BCUT2D eigenvalue weighted by atomic mass is 16.6. The predicted octanol–water partition coefficient (Wildman–Crippen LogP) is 8.89. The van der Waals surface area contributed by atoms with E-state index in [9.17, 15) is 29.7 Å². The van der Waals surface area contributed by atoms with Gasteiger partial charge in [-0.25, -0.2) is 0 Å². The second kappa shape index (κ2) is 19.6. The number of ketones is 1. The Balaban J connectivity index is 1.73. The fourth-order valence-electron chi connectivity index (χ4n) is 8.01. The molecule has 2 fully saturated rings. The number of allylic oxidation sites excluding steroid dienone is 12. The van der Waals surface area contributed by atoms with E-state index in [0.717, 1.165) is 30.4 Å². The molecule has 3 rings (SSSR count). The van der Waals surface area contributed by atoms with Crippen LogP contribution < -0.4 is 0 Å². The summed E-state index contributed by atoms with van der Waals surface area (Å²) in [5.41, 5.74) is 4.24. The summed E-state index contributed by atoms with van der Waals surface area (Å²) in [5.74, 6) is -2.83. The molecule has 0 bridgehead atoms. The molecule has 3 N–H and O–H groups in total. The van der Waals surface area contributed by atoms with E-state index in [1.54, 1.807) is 39.0 Å². The van der Waals surface area contributed by atoms with Crippen molar-refractivity contribution in [2.24, 2.45) is 10.8 Å². The summed E-state index contributed by atoms with van der Waals surface area (Å²) >= 11 is 0. The van der Waals surface area contributed by atoms with Crippen molar-refractivity contribution in [3.63, 3.8) is 0 Å². The molecule has 0 aromatic rings. The van der Waals surface area contributed by atoms with Gasteiger partial charge in [-0.15, -0.1) is 5.73 Å². The van der Waals surface area contributed by atoms with Gasteiger partial charge in [0, 0.05) is 25.3 Å². The van der Waals surface area contributed by atoms with Crippen molar-refractivity contribution in [2.45, 2.75) is 150 Å². The molecule has 0 radical (unpaired) electrons. The molecular formula is C48H66O9. The van der Waals surface area contributed by atoms with Crippen molar-refractivity contribution in [3.05, 3.63) is 112 Å². The van der Waals surface area contributed by atoms with Crippen LogP contribution in [0.1, 0.15) is 121 Å². The summed E-state index contributed by atoms with van der Waals surface area (Å²) in [5, 5.41) is 33.1. The van der Waals surface area contributed by atoms with E-state index in [4.69, 9.17) is 14.2 Å². The standard InChI is InChI=1S/C48H66O9/c1-12-13-14-25-42(51)55-32-37(26-27-40-44(6,7)28-38(56-36(5)49)29-46(40,10)53)24-18-22-34(3)20-16-15-19-33(2)21-17-23-35(4)48(54)31-41-45(8,9)30-39(50)43(52)47(41,11)57-48/h15-24,26,31,38-39,50,53-54H,12-14,25,28-30,32H2,1-11H3/b16-15+,21-17+,22-18+,33-19+,34-20+,35-23+,37-24-/t27?,38-,39-,46+,47-,48?/m0/s1. The first-order chi connectivity index (χ1) is 26.5. The van der Waals surface area contributed by atoms with Gasteiger partial charge >= 0.3 is 11.9 Å². The van der Waals surface area contributed by atoms with Gasteiger partial charge in [-0.3, -0.25) is 14.4 Å².